The molecule has 6 atom stereocenters. The highest BCUT2D eigenvalue weighted by Crippen LogP contribution is 2.64. The van der Waals surface area contributed by atoms with Crippen LogP contribution in [0.5, 0.6) is 0 Å². The fourth-order valence-corrected chi connectivity index (χ4v) is 6.82. The lowest BCUT2D eigenvalue weighted by atomic mass is 9.66. The quantitative estimate of drug-likeness (QED) is 0.559. The largest absolute Gasteiger partial charge is 0.466 e. The van der Waals surface area contributed by atoms with Crippen LogP contribution < -0.4 is 5.32 Å². The van der Waals surface area contributed by atoms with Crippen molar-refractivity contribution < 1.29 is 29.0 Å². The van der Waals surface area contributed by atoms with Crippen LogP contribution in [0.1, 0.15) is 49.4 Å². The molecule has 196 valence electrons. The minimum Gasteiger partial charge on any atom is -0.466 e. The molecule has 2 unspecified atom stereocenters. The number of benzene rings is 2. The van der Waals surface area contributed by atoms with Crippen molar-refractivity contribution in [3.05, 3.63) is 65.2 Å². The predicted octanol–water partition coefficient (Wildman–Crippen LogP) is 3.30. The lowest BCUT2D eigenvalue weighted by Gasteiger charge is -2.37. The second-order valence-electron chi connectivity index (χ2n) is 10.6. The van der Waals surface area contributed by atoms with E-state index < -0.39 is 47.0 Å². The van der Waals surface area contributed by atoms with Crippen molar-refractivity contribution in [1.82, 2.24) is 4.90 Å². The molecule has 2 amide bonds. The number of carbonyl (C=O) groups excluding carboxylic acids is 3. The molecular weight excluding hydrogens is 472 g/mol. The molecule has 2 bridgehead atoms. The zero-order chi connectivity index (χ0) is 26.5. The van der Waals surface area contributed by atoms with Gasteiger partial charge in [0, 0.05) is 5.69 Å². The summed E-state index contributed by atoms with van der Waals surface area (Å²) in [4.78, 5) is 43.1. The number of aryl methyl sites for hydroxylation is 2. The zero-order valence-corrected chi connectivity index (χ0v) is 21.7. The van der Waals surface area contributed by atoms with Crippen LogP contribution in [0.4, 0.5) is 5.69 Å². The summed E-state index contributed by atoms with van der Waals surface area (Å²) in [6.45, 7) is 7.19. The second kappa shape index (κ2) is 9.26. The van der Waals surface area contributed by atoms with E-state index in [-0.39, 0.29) is 19.1 Å². The van der Waals surface area contributed by atoms with Crippen LogP contribution in [0.15, 0.2) is 48.5 Å². The Morgan fingerprint density at radius 3 is 2.43 bits per heavy atom. The fourth-order valence-electron chi connectivity index (χ4n) is 6.82. The molecule has 2 aromatic rings. The highest BCUT2D eigenvalue weighted by molar-refractivity contribution is 6.04. The average Bonchev–Trinajstić information content (AvgIpc) is 3.44. The van der Waals surface area contributed by atoms with E-state index in [1.165, 1.54) is 4.90 Å². The van der Waals surface area contributed by atoms with Crippen molar-refractivity contribution in [2.75, 3.05) is 18.5 Å². The molecule has 2 aromatic carbocycles. The van der Waals surface area contributed by atoms with E-state index in [0.717, 1.165) is 11.1 Å². The van der Waals surface area contributed by atoms with Crippen LogP contribution in [-0.4, -0.2) is 58.2 Å². The van der Waals surface area contributed by atoms with Gasteiger partial charge in [0.15, 0.2) is 0 Å². The Bertz CT molecular complexity index is 1210. The van der Waals surface area contributed by atoms with Crippen LogP contribution in [0, 0.1) is 25.7 Å². The molecule has 8 heteroatoms. The van der Waals surface area contributed by atoms with Gasteiger partial charge in [0.1, 0.15) is 17.6 Å². The van der Waals surface area contributed by atoms with Crippen molar-refractivity contribution in [3.63, 3.8) is 0 Å². The van der Waals surface area contributed by atoms with Gasteiger partial charge in [0.2, 0.25) is 11.8 Å². The van der Waals surface area contributed by atoms with E-state index in [1.807, 2.05) is 69.3 Å². The molecule has 0 saturated carbocycles. The van der Waals surface area contributed by atoms with Gasteiger partial charge in [-0.05, 0) is 57.2 Å². The first-order valence-corrected chi connectivity index (χ1v) is 12.9. The van der Waals surface area contributed by atoms with E-state index in [0.29, 0.717) is 24.1 Å². The lowest BCUT2D eigenvalue weighted by Crippen LogP contribution is -2.54. The monoisotopic (exact) mass is 506 g/mol. The zero-order valence-electron chi connectivity index (χ0n) is 21.7. The first-order valence-electron chi connectivity index (χ1n) is 12.9. The maximum atomic E-state index is 14.3. The lowest BCUT2D eigenvalue weighted by molar-refractivity contribution is -0.160. The summed E-state index contributed by atoms with van der Waals surface area (Å²) in [6, 6.07) is 13.1. The topological polar surface area (TPSA) is 105 Å². The van der Waals surface area contributed by atoms with Gasteiger partial charge >= 0.3 is 5.97 Å². The molecule has 5 rings (SSSR count). The predicted molar refractivity (Wildman–Crippen MR) is 137 cm³/mol. The number of aliphatic hydroxyl groups is 1. The molecule has 8 nitrogen and oxygen atoms in total. The number of hydrogen-bond acceptors (Lipinski definition) is 6. The summed E-state index contributed by atoms with van der Waals surface area (Å²) >= 11 is 0. The third kappa shape index (κ3) is 3.77. The number of carbonyl (C=O) groups is 3. The second-order valence-corrected chi connectivity index (χ2v) is 10.6. The number of anilines is 1. The molecule has 0 aliphatic carbocycles. The van der Waals surface area contributed by atoms with Gasteiger partial charge in [-0.25, -0.2) is 0 Å². The van der Waals surface area contributed by atoms with Crippen molar-refractivity contribution in [1.29, 1.82) is 0 Å². The first-order chi connectivity index (χ1) is 17.7. The molecule has 3 fully saturated rings. The Kier molecular flexibility index (Phi) is 6.36. The van der Waals surface area contributed by atoms with E-state index in [2.05, 4.69) is 5.32 Å². The van der Waals surface area contributed by atoms with Crippen LogP contribution in [-0.2, 0) is 23.9 Å². The third-order valence-corrected chi connectivity index (χ3v) is 8.43. The van der Waals surface area contributed by atoms with Crippen LogP contribution in [0.2, 0.25) is 0 Å². The molecule has 37 heavy (non-hydrogen) atoms. The van der Waals surface area contributed by atoms with E-state index >= 15 is 0 Å². The molecule has 3 heterocycles. The number of aliphatic hydroxyl groups excluding tert-OH is 1. The number of fused-ring (bicyclic) bond motifs is 1. The summed E-state index contributed by atoms with van der Waals surface area (Å²) in [5, 5.41) is 13.6. The van der Waals surface area contributed by atoms with Gasteiger partial charge in [-0.15, -0.1) is 0 Å². The van der Waals surface area contributed by atoms with Crippen molar-refractivity contribution >= 4 is 23.5 Å². The number of amides is 2. The number of rotatable bonds is 7. The van der Waals surface area contributed by atoms with E-state index in [9.17, 15) is 19.5 Å². The van der Waals surface area contributed by atoms with Gasteiger partial charge in [0.05, 0.1) is 30.8 Å². The number of para-hydroxylation sites is 1. The number of likely N-dealkylation sites (tertiary alicyclic amines) is 1. The van der Waals surface area contributed by atoms with Crippen LogP contribution >= 0.6 is 0 Å². The summed E-state index contributed by atoms with van der Waals surface area (Å²) in [7, 11) is 0. The standard InChI is InChI=1S/C29H34N2O6/c1-5-36-27(35)22-21-26(34)31(20(16-32)19-12-7-6-8-13-19)24(29(21)15-14-28(22,4)37-29)25(33)30-23-17(2)10-9-11-18(23)3/h6-13,20-22,24,32H,5,14-16H2,1-4H3,(H,30,33)/t20-,21+,22+,24?,28-,29?/m1/s1. The van der Waals surface area contributed by atoms with Crippen molar-refractivity contribution in [2.45, 2.75) is 63.8 Å². The third-order valence-electron chi connectivity index (χ3n) is 8.43. The van der Waals surface area contributed by atoms with E-state index in [1.54, 1.807) is 6.92 Å². The Labute approximate surface area is 216 Å². The summed E-state index contributed by atoms with van der Waals surface area (Å²) in [5.74, 6) is -2.95. The molecule has 3 aliphatic rings. The van der Waals surface area contributed by atoms with E-state index in [4.69, 9.17) is 9.47 Å². The van der Waals surface area contributed by atoms with Gasteiger partial charge in [0.25, 0.3) is 0 Å². The number of nitrogens with zero attached hydrogens (tertiary/aromatic N) is 1. The molecule has 3 saturated heterocycles. The maximum absolute atomic E-state index is 14.3. The normalized spacial score (nSPS) is 30.8. The molecule has 3 aliphatic heterocycles. The number of ether oxygens (including phenoxy) is 2. The van der Waals surface area contributed by atoms with Gasteiger partial charge in [-0.1, -0.05) is 48.5 Å². The first kappa shape index (κ1) is 25.4. The summed E-state index contributed by atoms with van der Waals surface area (Å²) < 4.78 is 12.0. The molecular formula is C29H34N2O6. The summed E-state index contributed by atoms with van der Waals surface area (Å²) in [6.07, 6.45) is 0.973. The highest BCUT2D eigenvalue weighted by Gasteiger charge is 2.78. The molecule has 1 spiro atoms. The smallest absolute Gasteiger partial charge is 0.312 e. The fraction of sp³-hybridized carbons (Fsp3) is 0.483. The van der Waals surface area contributed by atoms with Gasteiger partial charge in [-0.3, -0.25) is 14.4 Å². The van der Waals surface area contributed by atoms with Crippen molar-refractivity contribution in [2.24, 2.45) is 11.8 Å². The highest BCUT2D eigenvalue weighted by atomic mass is 16.6. The van der Waals surface area contributed by atoms with Crippen LogP contribution in [0.25, 0.3) is 0 Å². The Morgan fingerprint density at radius 2 is 1.81 bits per heavy atom. The van der Waals surface area contributed by atoms with Crippen LogP contribution in [0.3, 0.4) is 0 Å². The summed E-state index contributed by atoms with van der Waals surface area (Å²) in [5.41, 5.74) is 1.07. The number of nitrogens with one attached hydrogen (secondary N) is 1. The minimum absolute atomic E-state index is 0.183. The Morgan fingerprint density at radius 1 is 1.14 bits per heavy atom. The van der Waals surface area contributed by atoms with Gasteiger partial charge < -0.3 is 24.8 Å². The molecule has 2 N–H and O–H groups in total. The molecule has 0 aromatic heterocycles. The van der Waals surface area contributed by atoms with Gasteiger partial charge in [-0.2, -0.15) is 0 Å². The Balaban J connectivity index is 1.63. The maximum Gasteiger partial charge on any atom is 0.312 e. The SMILES string of the molecule is CCOC(=O)[C@@H]1[C@H]2C(=O)N([C@H](CO)c3ccccc3)C(C(=O)Nc3c(C)cccc3C)C23CC[C@@]1(C)O3. The minimum atomic E-state index is -1.20. The van der Waals surface area contributed by atoms with Crippen molar-refractivity contribution in [3.8, 4) is 0 Å². The molecule has 0 radical (unpaired) electrons. The number of hydrogen-bond donors (Lipinski definition) is 2. The average molecular weight is 507 g/mol. The Hall–Kier alpha value is -3.23. The number of esters is 1.